The van der Waals surface area contributed by atoms with Crippen LogP contribution in [0.15, 0.2) is 10.1 Å². The number of unbranched alkanes of at least 4 members (excludes halogenated alkanes) is 1. The van der Waals surface area contributed by atoms with Crippen LogP contribution in [0.1, 0.15) is 112 Å². The van der Waals surface area contributed by atoms with Crippen molar-refractivity contribution < 1.29 is 57.8 Å². The summed E-state index contributed by atoms with van der Waals surface area (Å²) in [4.78, 5) is 151. The van der Waals surface area contributed by atoms with Crippen molar-refractivity contribution in [2.45, 2.75) is 160 Å². The van der Waals surface area contributed by atoms with Crippen molar-refractivity contribution in [1.82, 2.24) is 47.9 Å². The van der Waals surface area contributed by atoms with Gasteiger partial charge in [0, 0.05) is 37.8 Å². The van der Waals surface area contributed by atoms with Crippen molar-refractivity contribution in [2.75, 3.05) is 32.8 Å². The number of terminal acetylenes is 1. The minimum absolute atomic E-state index is 0.0395. The maximum atomic E-state index is 14.1. The highest BCUT2D eigenvalue weighted by Crippen LogP contribution is 2.13. The second kappa shape index (κ2) is 37.9. The molecule has 0 aliphatic rings. The highest BCUT2D eigenvalue weighted by molar-refractivity contribution is 5.98. The molecule has 11 amide bonds. The van der Waals surface area contributed by atoms with Crippen LogP contribution in [-0.2, 0) is 52.7 Å². The fourth-order valence-electron chi connectivity index (χ4n) is 7.10. The van der Waals surface area contributed by atoms with Gasteiger partial charge in [-0.2, -0.15) is 0 Å². The van der Waals surface area contributed by atoms with E-state index in [1.165, 1.54) is 6.92 Å². The Hall–Kier alpha value is -7.77. The molecule has 0 unspecified atom stereocenters. The van der Waals surface area contributed by atoms with Gasteiger partial charge < -0.3 is 81.6 Å². The fourth-order valence-corrected chi connectivity index (χ4v) is 7.10. The van der Waals surface area contributed by atoms with E-state index in [1.54, 1.807) is 27.7 Å². The van der Waals surface area contributed by atoms with Gasteiger partial charge in [0.05, 0.1) is 13.2 Å². The molecule has 0 radical (unpaired) electrons. The third-order valence-electron chi connectivity index (χ3n) is 11.4. The summed E-state index contributed by atoms with van der Waals surface area (Å²) in [6.45, 7) is 6.71. The summed E-state index contributed by atoms with van der Waals surface area (Å²) in [6.07, 6.45) is 5.98. The number of rotatable bonds is 39. The van der Waals surface area contributed by atoms with Crippen molar-refractivity contribution in [3.05, 3.63) is 10.4 Å². The quantitative estimate of drug-likeness (QED) is 0.00522. The SMILES string of the molecule is C#CC[C@H](NC(=O)CNC(=O)[C@H](CCCCN)NC(C)=O)C(=O)N[C@@H](CO)C(=O)N[C@H](C(=O)N[C@@H](CCC(N)=O)C(=O)N[C@@H](CCCN=[N+]=[N-])C(=O)N[C@@H](CC(C)C)C(=O)N[C@@H](CCCN=C(N)N)C(N)=O)[C@@H](C)CC. The molecule has 0 saturated heterocycles. The highest BCUT2D eigenvalue weighted by Gasteiger charge is 2.36. The van der Waals surface area contributed by atoms with Crippen molar-refractivity contribution >= 4 is 70.9 Å². The lowest BCUT2D eigenvalue weighted by Gasteiger charge is -2.29. The molecule has 0 saturated carbocycles. The number of primary amides is 2. The molecule has 0 aromatic rings. The van der Waals surface area contributed by atoms with Gasteiger partial charge in [0.25, 0.3) is 0 Å². The standard InChI is InChI=1S/C46H80N18O12/c1-7-13-29(57-36(68)23-54-39(70)30(56-27(6)66)14-9-10-19-47)40(71)62-34(24-65)44(75)63-37(26(5)8-2)45(76)60-32(17-18-35(48)67)42(73)59-31(16-12-21-55-64-52)41(72)61-33(22-25(3)4)43(74)58-28(38(49)69)15-11-20-53-46(50)51/h1,25-26,28-34,37,65H,8-24,47H2,2-6H3,(H2,48,67)(H2,49,69)(H,54,70)(H,56,66)(H,57,68)(H,58,74)(H,59,73)(H,60,76)(H,61,72)(H,62,71)(H,63,75)(H4,50,51,53)/t26-,28-,29-,30-,31-,32-,33-,34-,37-/m0/s1. The molecule has 0 bridgehead atoms. The number of amides is 11. The molecule has 0 rings (SSSR count). The van der Waals surface area contributed by atoms with Crippen molar-refractivity contribution in [3.63, 3.8) is 0 Å². The Bertz CT molecular complexity index is 2090. The first-order valence-corrected chi connectivity index (χ1v) is 24.9. The van der Waals surface area contributed by atoms with Gasteiger partial charge in [0.1, 0.15) is 48.3 Å². The largest absolute Gasteiger partial charge is 0.394 e. The fraction of sp³-hybridized carbons (Fsp3) is 0.696. The van der Waals surface area contributed by atoms with Gasteiger partial charge in [-0.05, 0) is 81.7 Å². The van der Waals surface area contributed by atoms with E-state index in [0.29, 0.717) is 19.4 Å². The number of azide groups is 1. The van der Waals surface area contributed by atoms with E-state index >= 15 is 0 Å². The molecule has 0 aromatic heterocycles. The van der Waals surface area contributed by atoms with Gasteiger partial charge in [-0.1, -0.05) is 39.2 Å². The Morgan fingerprint density at radius 1 is 0.632 bits per heavy atom. The first-order chi connectivity index (χ1) is 35.8. The maximum absolute atomic E-state index is 14.1. The summed E-state index contributed by atoms with van der Waals surface area (Å²) < 4.78 is 0. The third-order valence-corrected chi connectivity index (χ3v) is 11.4. The van der Waals surface area contributed by atoms with Crippen LogP contribution in [0.4, 0.5) is 0 Å². The molecule has 0 fully saturated rings. The monoisotopic (exact) mass is 1080 g/mol. The van der Waals surface area contributed by atoms with Crippen LogP contribution in [0.5, 0.6) is 0 Å². The lowest BCUT2D eigenvalue weighted by atomic mass is 9.97. The number of hydrogen-bond donors (Lipinski definition) is 15. The van der Waals surface area contributed by atoms with E-state index < -0.39 is 152 Å². The summed E-state index contributed by atoms with van der Waals surface area (Å²) in [5.74, 6) is -8.38. The average molecular weight is 1080 g/mol. The minimum atomic E-state index is -1.74. The van der Waals surface area contributed by atoms with Crippen LogP contribution < -0.4 is 76.5 Å². The van der Waals surface area contributed by atoms with E-state index in [9.17, 15) is 57.8 Å². The van der Waals surface area contributed by atoms with Gasteiger partial charge in [0.15, 0.2) is 5.96 Å². The molecule has 0 heterocycles. The van der Waals surface area contributed by atoms with Gasteiger partial charge in [-0.25, -0.2) is 0 Å². The van der Waals surface area contributed by atoms with E-state index in [-0.39, 0.29) is 69.9 Å². The number of carbonyl (C=O) groups is 11. The number of aliphatic imine (C=N–C) groups is 1. The maximum Gasteiger partial charge on any atom is 0.245 e. The zero-order valence-corrected chi connectivity index (χ0v) is 44.0. The molecule has 9 atom stereocenters. The van der Waals surface area contributed by atoms with Crippen molar-refractivity contribution in [2.24, 2.45) is 50.6 Å². The lowest BCUT2D eigenvalue weighted by molar-refractivity contribution is -0.137. The Morgan fingerprint density at radius 2 is 1.14 bits per heavy atom. The van der Waals surface area contributed by atoms with E-state index in [0.717, 1.165) is 0 Å². The van der Waals surface area contributed by atoms with Crippen molar-refractivity contribution in [3.8, 4) is 12.3 Å². The molecular formula is C46H80N18O12. The Morgan fingerprint density at radius 3 is 1.68 bits per heavy atom. The summed E-state index contributed by atoms with van der Waals surface area (Å²) in [5.41, 5.74) is 36.0. The van der Waals surface area contributed by atoms with Gasteiger partial charge in [-0.15, -0.1) is 12.3 Å². The number of nitrogens with two attached hydrogens (primary N) is 5. The number of nitrogens with one attached hydrogen (secondary N) is 9. The predicted octanol–water partition coefficient (Wildman–Crippen LogP) is -4.87. The summed E-state index contributed by atoms with van der Waals surface area (Å²) in [7, 11) is 0. The Labute approximate surface area is 441 Å². The van der Waals surface area contributed by atoms with Crippen LogP contribution in [0, 0.1) is 24.2 Å². The minimum Gasteiger partial charge on any atom is -0.394 e. The molecule has 30 nitrogen and oxygen atoms in total. The summed E-state index contributed by atoms with van der Waals surface area (Å²) >= 11 is 0. The van der Waals surface area contributed by atoms with E-state index in [4.69, 9.17) is 40.6 Å². The Kier molecular flexibility index (Phi) is 34.0. The molecule has 0 aromatic carbocycles. The normalized spacial score (nSPS) is 14.2. The van der Waals surface area contributed by atoms with Crippen LogP contribution in [0.2, 0.25) is 0 Å². The predicted molar refractivity (Wildman–Crippen MR) is 277 cm³/mol. The number of aliphatic hydroxyl groups is 1. The molecular weight excluding hydrogens is 997 g/mol. The first kappa shape index (κ1) is 68.2. The zero-order chi connectivity index (χ0) is 57.9. The van der Waals surface area contributed by atoms with Crippen LogP contribution in [0.25, 0.3) is 10.4 Å². The van der Waals surface area contributed by atoms with Crippen LogP contribution in [-0.4, -0.2) is 157 Å². The molecule has 426 valence electrons. The zero-order valence-electron chi connectivity index (χ0n) is 44.0. The number of hydrogen-bond acceptors (Lipinski definition) is 15. The van der Waals surface area contributed by atoms with Crippen molar-refractivity contribution in [1.29, 1.82) is 0 Å². The average Bonchev–Trinajstić information content (AvgIpc) is 3.35. The van der Waals surface area contributed by atoms with E-state index in [1.807, 2.05) is 0 Å². The van der Waals surface area contributed by atoms with E-state index in [2.05, 4.69) is 68.8 Å². The topological polar surface area (TPSA) is 507 Å². The second-order valence-corrected chi connectivity index (χ2v) is 18.2. The second-order valence-electron chi connectivity index (χ2n) is 18.2. The lowest BCUT2D eigenvalue weighted by Crippen LogP contribution is -2.61. The molecule has 76 heavy (non-hydrogen) atoms. The highest BCUT2D eigenvalue weighted by atomic mass is 16.3. The third kappa shape index (κ3) is 28.6. The van der Waals surface area contributed by atoms with Gasteiger partial charge >= 0.3 is 0 Å². The first-order valence-electron chi connectivity index (χ1n) is 24.9. The van der Waals surface area contributed by atoms with Gasteiger partial charge in [0.2, 0.25) is 65.0 Å². The summed E-state index contributed by atoms with van der Waals surface area (Å²) in [6, 6.07) is -11.2. The number of guanidine groups is 1. The summed E-state index contributed by atoms with van der Waals surface area (Å²) in [5, 5.41) is 35.8. The molecule has 0 spiro atoms. The van der Waals surface area contributed by atoms with Crippen LogP contribution >= 0.6 is 0 Å². The molecule has 30 heteroatoms. The number of aliphatic hydroxyl groups excluding tert-OH is 1. The smallest absolute Gasteiger partial charge is 0.245 e. The Balaban J connectivity index is 6.47. The van der Waals surface area contributed by atoms with Gasteiger partial charge in [-0.3, -0.25) is 57.7 Å². The molecule has 0 aliphatic carbocycles. The molecule has 20 N–H and O–H groups in total. The number of carbonyl (C=O) groups excluding carboxylic acids is 11. The van der Waals surface area contributed by atoms with Crippen LogP contribution in [0.3, 0.4) is 0 Å². The molecule has 0 aliphatic heterocycles. The number of nitrogens with zero attached hydrogens (tertiary/aromatic N) is 4.